The second kappa shape index (κ2) is 9.36. The SMILES string of the molecule is Cc1nn(C)c(C)c1S(=O)(=O)N1CCCN(C(=O)c2ccc(Oc3ccccc3)cc2)CC1. The highest BCUT2D eigenvalue weighted by Crippen LogP contribution is 2.25. The van der Waals surface area contributed by atoms with Crippen molar-refractivity contribution in [2.45, 2.75) is 25.2 Å². The molecule has 1 fully saturated rings. The molecule has 8 nitrogen and oxygen atoms in total. The van der Waals surface area contributed by atoms with Crippen LogP contribution in [0.15, 0.2) is 59.5 Å². The number of aromatic nitrogens is 2. The monoisotopic (exact) mass is 468 g/mol. The van der Waals surface area contributed by atoms with Gasteiger partial charge in [-0.3, -0.25) is 9.48 Å². The van der Waals surface area contributed by atoms with Crippen LogP contribution in [0.2, 0.25) is 0 Å². The Kier molecular flexibility index (Phi) is 6.53. The molecular formula is C24H28N4O4S. The van der Waals surface area contributed by atoms with Gasteiger partial charge < -0.3 is 9.64 Å². The molecule has 174 valence electrons. The van der Waals surface area contributed by atoms with Gasteiger partial charge in [-0.25, -0.2) is 8.42 Å². The molecule has 0 atom stereocenters. The summed E-state index contributed by atoms with van der Waals surface area (Å²) in [4.78, 5) is 15.0. The summed E-state index contributed by atoms with van der Waals surface area (Å²) in [6, 6.07) is 16.5. The predicted molar refractivity (Wildman–Crippen MR) is 125 cm³/mol. The molecule has 1 saturated heterocycles. The van der Waals surface area contributed by atoms with Crippen molar-refractivity contribution in [3.8, 4) is 11.5 Å². The first-order valence-corrected chi connectivity index (χ1v) is 12.3. The van der Waals surface area contributed by atoms with E-state index in [2.05, 4.69) is 5.10 Å². The van der Waals surface area contributed by atoms with Gasteiger partial charge in [0.1, 0.15) is 16.4 Å². The molecule has 1 aromatic heterocycles. The number of carbonyl (C=O) groups is 1. The van der Waals surface area contributed by atoms with E-state index in [-0.39, 0.29) is 17.3 Å². The van der Waals surface area contributed by atoms with Gasteiger partial charge in [0.2, 0.25) is 10.0 Å². The van der Waals surface area contributed by atoms with Gasteiger partial charge in [0.05, 0.1) is 11.4 Å². The van der Waals surface area contributed by atoms with Crippen molar-refractivity contribution in [1.82, 2.24) is 19.0 Å². The van der Waals surface area contributed by atoms with Gasteiger partial charge in [-0.05, 0) is 56.7 Å². The molecule has 0 spiro atoms. The van der Waals surface area contributed by atoms with Gasteiger partial charge >= 0.3 is 0 Å². The van der Waals surface area contributed by atoms with E-state index < -0.39 is 10.0 Å². The smallest absolute Gasteiger partial charge is 0.253 e. The predicted octanol–water partition coefficient (Wildman–Crippen LogP) is 3.37. The Hall–Kier alpha value is -3.17. The van der Waals surface area contributed by atoms with Gasteiger partial charge in [0, 0.05) is 38.8 Å². The molecule has 0 aliphatic carbocycles. The lowest BCUT2D eigenvalue weighted by Crippen LogP contribution is -2.37. The van der Waals surface area contributed by atoms with E-state index in [1.807, 2.05) is 30.3 Å². The highest BCUT2D eigenvalue weighted by atomic mass is 32.2. The van der Waals surface area contributed by atoms with Crippen molar-refractivity contribution < 1.29 is 17.9 Å². The summed E-state index contributed by atoms with van der Waals surface area (Å²) >= 11 is 0. The largest absolute Gasteiger partial charge is 0.457 e. The van der Waals surface area contributed by atoms with Crippen LogP contribution in [-0.4, -0.2) is 59.5 Å². The Morgan fingerprint density at radius 2 is 1.58 bits per heavy atom. The zero-order chi connectivity index (χ0) is 23.6. The van der Waals surface area contributed by atoms with Gasteiger partial charge in [0.15, 0.2) is 0 Å². The quantitative estimate of drug-likeness (QED) is 0.573. The topological polar surface area (TPSA) is 84.7 Å². The van der Waals surface area contributed by atoms with Crippen molar-refractivity contribution in [1.29, 1.82) is 0 Å². The minimum atomic E-state index is -3.68. The van der Waals surface area contributed by atoms with Crippen LogP contribution in [0, 0.1) is 13.8 Å². The number of carbonyl (C=O) groups excluding carboxylic acids is 1. The first-order valence-electron chi connectivity index (χ1n) is 10.9. The molecule has 9 heteroatoms. The molecule has 0 saturated carbocycles. The molecule has 0 radical (unpaired) electrons. The van der Waals surface area contributed by atoms with Crippen LogP contribution in [0.1, 0.15) is 28.2 Å². The molecule has 2 heterocycles. The van der Waals surface area contributed by atoms with Crippen LogP contribution in [-0.2, 0) is 17.1 Å². The first kappa shape index (κ1) is 23.0. The van der Waals surface area contributed by atoms with E-state index in [1.54, 1.807) is 54.7 Å². The fraction of sp³-hybridized carbons (Fsp3) is 0.333. The van der Waals surface area contributed by atoms with Crippen LogP contribution in [0.25, 0.3) is 0 Å². The van der Waals surface area contributed by atoms with E-state index >= 15 is 0 Å². The fourth-order valence-corrected chi connectivity index (χ4v) is 5.94. The van der Waals surface area contributed by atoms with Crippen molar-refractivity contribution in [2.75, 3.05) is 26.2 Å². The lowest BCUT2D eigenvalue weighted by atomic mass is 10.2. The van der Waals surface area contributed by atoms with Crippen LogP contribution in [0.4, 0.5) is 0 Å². The van der Waals surface area contributed by atoms with Crippen molar-refractivity contribution >= 4 is 15.9 Å². The van der Waals surface area contributed by atoms with Gasteiger partial charge in [-0.15, -0.1) is 0 Å². The van der Waals surface area contributed by atoms with Crippen LogP contribution >= 0.6 is 0 Å². The number of hydrogen-bond acceptors (Lipinski definition) is 5. The third kappa shape index (κ3) is 4.79. The summed E-state index contributed by atoms with van der Waals surface area (Å²) in [7, 11) is -1.94. The zero-order valence-corrected chi connectivity index (χ0v) is 19.9. The zero-order valence-electron chi connectivity index (χ0n) is 19.1. The molecule has 3 aromatic rings. The van der Waals surface area contributed by atoms with Crippen LogP contribution < -0.4 is 4.74 Å². The highest BCUT2D eigenvalue weighted by Gasteiger charge is 2.32. The summed E-state index contributed by atoms with van der Waals surface area (Å²) < 4.78 is 35.4. The maximum atomic E-state index is 13.3. The standard InChI is InChI=1S/C24H28N4O4S/c1-18-23(19(2)26(3)25-18)33(30,31)28-15-7-14-27(16-17-28)24(29)20-10-12-22(13-11-20)32-21-8-5-4-6-9-21/h4-6,8-13H,7,14-17H2,1-3H3. The molecule has 4 rings (SSSR count). The van der Waals surface area contributed by atoms with Crippen LogP contribution in [0.5, 0.6) is 11.5 Å². The van der Waals surface area contributed by atoms with E-state index in [0.29, 0.717) is 48.8 Å². The van der Waals surface area contributed by atoms with Crippen molar-refractivity contribution in [3.05, 3.63) is 71.5 Å². The molecular weight excluding hydrogens is 440 g/mol. The van der Waals surface area contributed by atoms with E-state index in [0.717, 1.165) is 5.75 Å². The number of aryl methyl sites for hydroxylation is 2. The number of rotatable bonds is 5. The van der Waals surface area contributed by atoms with Crippen molar-refractivity contribution in [2.24, 2.45) is 7.05 Å². The summed E-state index contributed by atoms with van der Waals surface area (Å²) in [6.07, 6.45) is 0.568. The lowest BCUT2D eigenvalue weighted by Gasteiger charge is -2.22. The Morgan fingerprint density at radius 1 is 0.909 bits per heavy atom. The third-order valence-electron chi connectivity index (χ3n) is 5.86. The Labute approximate surface area is 194 Å². The number of amides is 1. The molecule has 1 aliphatic heterocycles. The highest BCUT2D eigenvalue weighted by molar-refractivity contribution is 7.89. The van der Waals surface area contributed by atoms with E-state index in [1.165, 1.54) is 4.31 Å². The van der Waals surface area contributed by atoms with Crippen LogP contribution in [0.3, 0.4) is 0 Å². The Bertz CT molecular complexity index is 1240. The van der Waals surface area contributed by atoms with Gasteiger partial charge in [-0.2, -0.15) is 9.40 Å². The average Bonchev–Trinajstić information content (AvgIpc) is 2.97. The van der Waals surface area contributed by atoms with Gasteiger partial charge in [0.25, 0.3) is 5.91 Å². The number of sulfonamides is 1. The summed E-state index contributed by atoms with van der Waals surface area (Å²) in [5.74, 6) is 1.26. The molecule has 0 N–H and O–H groups in total. The normalized spacial score (nSPS) is 15.3. The van der Waals surface area contributed by atoms with E-state index in [9.17, 15) is 13.2 Å². The number of para-hydroxylation sites is 1. The molecule has 2 aromatic carbocycles. The molecule has 0 unspecified atom stereocenters. The Morgan fingerprint density at radius 3 is 2.21 bits per heavy atom. The average molecular weight is 469 g/mol. The van der Waals surface area contributed by atoms with Gasteiger partial charge in [-0.1, -0.05) is 18.2 Å². The summed E-state index contributed by atoms with van der Waals surface area (Å²) in [5, 5.41) is 4.25. The van der Waals surface area contributed by atoms with E-state index in [4.69, 9.17) is 4.74 Å². The number of nitrogens with zero attached hydrogens (tertiary/aromatic N) is 4. The first-order chi connectivity index (χ1) is 15.8. The lowest BCUT2D eigenvalue weighted by molar-refractivity contribution is 0.0764. The maximum absolute atomic E-state index is 13.3. The second-order valence-electron chi connectivity index (χ2n) is 8.11. The van der Waals surface area contributed by atoms with Crippen molar-refractivity contribution in [3.63, 3.8) is 0 Å². The summed E-state index contributed by atoms with van der Waals surface area (Å²) in [5.41, 5.74) is 1.65. The molecule has 1 amide bonds. The number of ether oxygens (including phenoxy) is 1. The fourth-order valence-electron chi connectivity index (χ4n) is 4.07. The molecule has 0 bridgehead atoms. The Balaban J connectivity index is 1.43. The minimum Gasteiger partial charge on any atom is -0.457 e. The number of hydrogen-bond donors (Lipinski definition) is 0. The summed E-state index contributed by atoms with van der Waals surface area (Å²) in [6.45, 7) is 4.90. The minimum absolute atomic E-state index is 0.116. The number of benzene rings is 2. The maximum Gasteiger partial charge on any atom is 0.253 e. The third-order valence-corrected chi connectivity index (χ3v) is 8.01. The second-order valence-corrected chi connectivity index (χ2v) is 9.99. The molecule has 33 heavy (non-hydrogen) atoms. The molecule has 1 aliphatic rings.